The van der Waals surface area contributed by atoms with Gasteiger partial charge in [-0.2, -0.15) is 0 Å². The topological polar surface area (TPSA) is 63.6 Å². The molecule has 2 fully saturated rings. The summed E-state index contributed by atoms with van der Waals surface area (Å²) in [4.78, 5) is 23.5. The molecule has 1 aromatic rings. The van der Waals surface area contributed by atoms with Gasteiger partial charge in [0.25, 0.3) is 0 Å². The van der Waals surface area contributed by atoms with E-state index in [4.69, 9.17) is 4.74 Å². The summed E-state index contributed by atoms with van der Waals surface area (Å²) in [5.41, 5.74) is 2.72. The summed E-state index contributed by atoms with van der Waals surface area (Å²) in [6.07, 6.45) is 5.93. The van der Waals surface area contributed by atoms with Crippen LogP contribution in [0.15, 0.2) is 18.2 Å². The zero-order valence-electron chi connectivity index (χ0n) is 15.0. The lowest BCUT2D eigenvalue weighted by Crippen LogP contribution is -2.45. The van der Waals surface area contributed by atoms with E-state index in [2.05, 4.69) is 25.1 Å². The number of fused-ring (bicyclic) bond motifs is 5. The number of ketones is 1. The predicted octanol–water partition coefficient (Wildman–Crippen LogP) is 3.82. The van der Waals surface area contributed by atoms with E-state index >= 15 is 0 Å². The fourth-order valence-corrected chi connectivity index (χ4v) is 6.27. The van der Waals surface area contributed by atoms with Gasteiger partial charge in [-0.05, 0) is 85.0 Å². The Labute approximate surface area is 148 Å². The number of ether oxygens (including phenoxy) is 1. The number of benzene rings is 1. The Bertz CT molecular complexity index is 725. The fourth-order valence-electron chi connectivity index (χ4n) is 6.27. The minimum atomic E-state index is -1.25. The van der Waals surface area contributed by atoms with Gasteiger partial charge < -0.3 is 9.84 Å². The summed E-state index contributed by atoms with van der Waals surface area (Å²) < 4.78 is 5.37. The second kappa shape index (κ2) is 5.86. The number of rotatable bonds is 3. The van der Waals surface area contributed by atoms with Gasteiger partial charge in [-0.25, -0.2) is 4.79 Å². The van der Waals surface area contributed by atoms with Crippen LogP contribution in [-0.4, -0.2) is 24.0 Å². The molecule has 4 heteroatoms. The van der Waals surface area contributed by atoms with Crippen LogP contribution in [0.2, 0.25) is 0 Å². The van der Waals surface area contributed by atoms with Gasteiger partial charge >= 0.3 is 5.97 Å². The van der Waals surface area contributed by atoms with Gasteiger partial charge in [0.15, 0.2) is 0 Å². The molecular formula is C21H26O4. The number of aryl methyl sites for hydroxylation is 1. The number of hydrogen-bond acceptors (Lipinski definition) is 3. The molecule has 134 valence electrons. The molecule has 4 nitrogen and oxygen atoms in total. The van der Waals surface area contributed by atoms with Gasteiger partial charge in [-0.3, -0.25) is 4.79 Å². The molecule has 3 aliphatic carbocycles. The van der Waals surface area contributed by atoms with Crippen molar-refractivity contribution < 1.29 is 19.4 Å². The largest absolute Gasteiger partial charge is 0.497 e. The summed E-state index contributed by atoms with van der Waals surface area (Å²) in [5.74, 6) is 0.394. The Morgan fingerprint density at radius 3 is 2.72 bits per heavy atom. The number of methoxy groups -OCH3 is 1. The molecule has 1 aromatic carbocycles. The van der Waals surface area contributed by atoms with E-state index in [-0.39, 0.29) is 11.3 Å². The first-order valence-corrected chi connectivity index (χ1v) is 9.39. The van der Waals surface area contributed by atoms with Gasteiger partial charge in [-0.1, -0.05) is 13.0 Å². The van der Waals surface area contributed by atoms with E-state index in [1.54, 1.807) is 7.11 Å². The van der Waals surface area contributed by atoms with Gasteiger partial charge in [0.1, 0.15) is 5.75 Å². The van der Waals surface area contributed by atoms with Gasteiger partial charge in [0.2, 0.25) is 5.78 Å². The third-order valence-corrected chi connectivity index (χ3v) is 7.46. The SMILES string of the molecule is COc1ccc2c(c1)CC[C@@H]1[C@@H]2CC[C@]2(C)[C@@H](C(=O)C(=O)O)CC[C@@H]12. The number of aliphatic carboxylic acids is 1. The van der Waals surface area contributed by atoms with Crippen molar-refractivity contribution in [3.05, 3.63) is 29.3 Å². The highest BCUT2D eigenvalue weighted by Gasteiger charge is 2.57. The number of carbonyl (C=O) groups excluding carboxylic acids is 1. The van der Waals surface area contributed by atoms with Crippen LogP contribution in [0.1, 0.15) is 56.1 Å². The maximum atomic E-state index is 12.2. The molecular weight excluding hydrogens is 316 g/mol. The van der Waals surface area contributed by atoms with E-state index in [0.717, 1.165) is 44.3 Å². The number of Topliss-reactive ketones (excluding diaryl/α,β-unsaturated/α-hetero) is 1. The van der Waals surface area contributed by atoms with Crippen molar-refractivity contribution in [3.63, 3.8) is 0 Å². The maximum Gasteiger partial charge on any atom is 0.372 e. The Hall–Kier alpha value is -1.84. The number of hydrogen-bond donors (Lipinski definition) is 1. The monoisotopic (exact) mass is 342 g/mol. The molecule has 3 aliphatic rings. The van der Waals surface area contributed by atoms with Crippen molar-refractivity contribution in [2.45, 2.75) is 51.4 Å². The number of carboxylic acids is 1. The summed E-state index contributed by atoms with van der Waals surface area (Å²) in [5, 5.41) is 9.20. The molecule has 5 atom stereocenters. The van der Waals surface area contributed by atoms with Crippen molar-refractivity contribution in [1.82, 2.24) is 0 Å². The molecule has 0 radical (unpaired) electrons. The normalized spacial score (nSPS) is 36.1. The number of carboxylic acid groups (broad SMARTS) is 1. The first kappa shape index (κ1) is 16.6. The van der Waals surface area contributed by atoms with Crippen LogP contribution in [0.5, 0.6) is 5.75 Å². The van der Waals surface area contributed by atoms with Gasteiger partial charge in [0.05, 0.1) is 7.11 Å². The van der Waals surface area contributed by atoms with Crippen molar-refractivity contribution in [2.24, 2.45) is 23.2 Å². The average molecular weight is 342 g/mol. The van der Waals surface area contributed by atoms with E-state index in [9.17, 15) is 14.7 Å². The molecule has 0 aliphatic heterocycles. The zero-order valence-corrected chi connectivity index (χ0v) is 15.0. The Balaban J connectivity index is 1.64. The van der Waals surface area contributed by atoms with Crippen LogP contribution < -0.4 is 4.74 Å². The van der Waals surface area contributed by atoms with E-state index in [0.29, 0.717) is 17.8 Å². The Kier molecular flexibility index (Phi) is 3.89. The minimum Gasteiger partial charge on any atom is -0.497 e. The summed E-state index contributed by atoms with van der Waals surface area (Å²) in [6, 6.07) is 6.45. The maximum absolute atomic E-state index is 12.2. The molecule has 0 saturated heterocycles. The zero-order chi connectivity index (χ0) is 17.8. The van der Waals surface area contributed by atoms with Crippen LogP contribution in [0, 0.1) is 23.2 Å². The third-order valence-electron chi connectivity index (χ3n) is 7.46. The summed E-state index contributed by atoms with van der Waals surface area (Å²) in [7, 11) is 1.71. The van der Waals surface area contributed by atoms with E-state index in [1.165, 1.54) is 11.1 Å². The quantitative estimate of drug-likeness (QED) is 0.848. The van der Waals surface area contributed by atoms with Crippen LogP contribution >= 0.6 is 0 Å². The molecule has 0 unspecified atom stereocenters. The molecule has 25 heavy (non-hydrogen) atoms. The summed E-state index contributed by atoms with van der Waals surface area (Å²) >= 11 is 0. The molecule has 2 saturated carbocycles. The Morgan fingerprint density at radius 2 is 2.00 bits per heavy atom. The second-order valence-corrected chi connectivity index (χ2v) is 8.32. The second-order valence-electron chi connectivity index (χ2n) is 8.32. The lowest BCUT2D eigenvalue weighted by atomic mass is 9.54. The van der Waals surface area contributed by atoms with Crippen molar-refractivity contribution in [3.8, 4) is 5.75 Å². The molecule has 1 N–H and O–H groups in total. The van der Waals surface area contributed by atoms with Crippen molar-refractivity contribution in [2.75, 3.05) is 7.11 Å². The average Bonchev–Trinajstić information content (AvgIpc) is 2.97. The number of carbonyl (C=O) groups is 2. The highest BCUT2D eigenvalue weighted by molar-refractivity contribution is 6.33. The van der Waals surface area contributed by atoms with Gasteiger partial charge in [-0.15, -0.1) is 0 Å². The highest BCUT2D eigenvalue weighted by atomic mass is 16.5. The fraction of sp³-hybridized carbons (Fsp3) is 0.619. The molecule has 0 aromatic heterocycles. The van der Waals surface area contributed by atoms with Crippen LogP contribution in [0.3, 0.4) is 0 Å². The first-order chi connectivity index (χ1) is 12.0. The van der Waals surface area contributed by atoms with Gasteiger partial charge in [0, 0.05) is 5.92 Å². The van der Waals surface area contributed by atoms with E-state index in [1.807, 2.05) is 0 Å². The Morgan fingerprint density at radius 1 is 1.20 bits per heavy atom. The lowest BCUT2D eigenvalue weighted by Gasteiger charge is -2.50. The van der Waals surface area contributed by atoms with Crippen LogP contribution in [0.4, 0.5) is 0 Å². The third kappa shape index (κ3) is 2.41. The first-order valence-electron chi connectivity index (χ1n) is 9.39. The van der Waals surface area contributed by atoms with Crippen molar-refractivity contribution >= 4 is 11.8 Å². The lowest BCUT2D eigenvalue weighted by molar-refractivity contribution is -0.153. The molecule has 0 spiro atoms. The molecule has 0 heterocycles. The molecule has 0 bridgehead atoms. The highest BCUT2D eigenvalue weighted by Crippen LogP contribution is 2.63. The van der Waals surface area contributed by atoms with Crippen LogP contribution in [0.25, 0.3) is 0 Å². The van der Waals surface area contributed by atoms with E-state index < -0.39 is 11.8 Å². The molecule has 4 rings (SSSR count). The van der Waals surface area contributed by atoms with Crippen molar-refractivity contribution in [1.29, 1.82) is 0 Å². The summed E-state index contributed by atoms with van der Waals surface area (Å²) in [6.45, 7) is 2.18. The molecule has 0 amide bonds. The smallest absolute Gasteiger partial charge is 0.372 e. The minimum absolute atomic E-state index is 0.138. The standard InChI is InChI=1S/C21H26O4/c1-21-10-9-15-14-6-4-13(25-2)11-12(14)3-5-16(15)17(21)7-8-18(21)19(22)20(23)24/h4,6,11,15-18H,3,5,7-10H2,1-2H3,(H,23,24)/t15-,16-,17+,18-,21+/m1/s1. The van der Waals surface area contributed by atoms with Crippen LogP contribution in [-0.2, 0) is 16.0 Å². The predicted molar refractivity (Wildman–Crippen MR) is 93.7 cm³/mol.